The number of carbonyl (C=O) groups excluding carboxylic acids is 1. The monoisotopic (exact) mass is 340 g/mol. The largest absolute Gasteiger partial charge is 0.325 e. The summed E-state index contributed by atoms with van der Waals surface area (Å²) in [6.07, 6.45) is 3.10. The summed E-state index contributed by atoms with van der Waals surface area (Å²) in [6, 6.07) is 14.0. The molecular formula is C18H20N4OS. The molecule has 3 aromatic rings. The molecule has 2 aromatic carbocycles. The second kappa shape index (κ2) is 7.97. The lowest BCUT2D eigenvalue weighted by Gasteiger charge is -2.05. The second-order valence-electron chi connectivity index (χ2n) is 5.57. The van der Waals surface area contributed by atoms with E-state index in [1.54, 1.807) is 0 Å². The molecule has 24 heavy (non-hydrogen) atoms. The van der Waals surface area contributed by atoms with Crippen LogP contribution in [0.2, 0.25) is 0 Å². The van der Waals surface area contributed by atoms with Crippen LogP contribution in [0.25, 0.3) is 10.8 Å². The SMILES string of the molecule is CCCCc1nc(SCC(=O)Nc2ccc3ccccc3c2)n[nH]1. The smallest absolute Gasteiger partial charge is 0.234 e. The van der Waals surface area contributed by atoms with Crippen molar-refractivity contribution in [3.8, 4) is 0 Å². The first-order chi connectivity index (χ1) is 11.7. The summed E-state index contributed by atoms with van der Waals surface area (Å²) >= 11 is 1.34. The fourth-order valence-electron chi connectivity index (χ4n) is 2.39. The molecule has 124 valence electrons. The molecule has 0 fully saturated rings. The Morgan fingerprint density at radius 2 is 2.04 bits per heavy atom. The fraction of sp³-hybridized carbons (Fsp3) is 0.278. The molecule has 1 amide bonds. The van der Waals surface area contributed by atoms with Crippen LogP contribution >= 0.6 is 11.8 Å². The van der Waals surface area contributed by atoms with Crippen molar-refractivity contribution < 1.29 is 4.79 Å². The van der Waals surface area contributed by atoms with E-state index >= 15 is 0 Å². The van der Waals surface area contributed by atoms with Crippen LogP contribution in [0.5, 0.6) is 0 Å². The van der Waals surface area contributed by atoms with Crippen LogP contribution in [0.1, 0.15) is 25.6 Å². The molecule has 1 aromatic heterocycles. The quantitative estimate of drug-likeness (QED) is 0.637. The van der Waals surface area contributed by atoms with Gasteiger partial charge in [0, 0.05) is 12.1 Å². The number of aryl methyl sites for hydroxylation is 1. The van der Waals surface area contributed by atoms with Crippen molar-refractivity contribution in [1.82, 2.24) is 15.2 Å². The fourth-order valence-corrected chi connectivity index (χ4v) is 3.01. The zero-order valence-electron chi connectivity index (χ0n) is 13.6. The molecule has 0 unspecified atom stereocenters. The Hall–Kier alpha value is -2.34. The number of anilines is 1. The van der Waals surface area contributed by atoms with Crippen molar-refractivity contribution in [3.05, 3.63) is 48.3 Å². The van der Waals surface area contributed by atoms with Crippen LogP contribution in [0.4, 0.5) is 5.69 Å². The summed E-state index contributed by atoms with van der Waals surface area (Å²) < 4.78 is 0. The van der Waals surface area contributed by atoms with Gasteiger partial charge in [-0.1, -0.05) is 55.4 Å². The third-order valence-electron chi connectivity index (χ3n) is 3.64. The van der Waals surface area contributed by atoms with Crippen molar-refractivity contribution in [2.75, 3.05) is 11.1 Å². The van der Waals surface area contributed by atoms with Gasteiger partial charge in [0.25, 0.3) is 0 Å². The standard InChI is InChI=1S/C18H20N4OS/c1-2-3-8-16-20-18(22-21-16)24-12-17(23)19-15-10-9-13-6-4-5-7-14(13)11-15/h4-7,9-11H,2-3,8,12H2,1H3,(H,19,23)(H,20,21,22). The minimum atomic E-state index is -0.0600. The number of nitrogens with zero attached hydrogens (tertiary/aromatic N) is 2. The van der Waals surface area contributed by atoms with Crippen LogP contribution in [0.15, 0.2) is 47.6 Å². The zero-order valence-corrected chi connectivity index (χ0v) is 14.4. The van der Waals surface area contributed by atoms with Gasteiger partial charge in [-0.3, -0.25) is 9.89 Å². The van der Waals surface area contributed by atoms with E-state index in [-0.39, 0.29) is 11.7 Å². The molecule has 0 bridgehead atoms. The Morgan fingerprint density at radius 3 is 2.88 bits per heavy atom. The van der Waals surface area contributed by atoms with Gasteiger partial charge in [0.15, 0.2) is 0 Å². The summed E-state index contributed by atoms with van der Waals surface area (Å²) in [5.41, 5.74) is 0.804. The van der Waals surface area contributed by atoms with Crippen molar-refractivity contribution in [2.45, 2.75) is 31.3 Å². The maximum atomic E-state index is 12.1. The van der Waals surface area contributed by atoms with Gasteiger partial charge >= 0.3 is 0 Å². The zero-order chi connectivity index (χ0) is 16.8. The van der Waals surface area contributed by atoms with Crippen LogP contribution < -0.4 is 5.32 Å². The molecule has 0 radical (unpaired) electrons. The van der Waals surface area contributed by atoms with Crippen LogP contribution in [-0.2, 0) is 11.2 Å². The lowest BCUT2D eigenvalue weighted by molar-refractivity contribution is -0.113. The van der Waals surface area contributed by atoms with Crippen molar-refractivity contribution in [2.24, 2.45) is 0 Å². The molecule has 3 rings (SSSR count). The highest BCUT2D eigenvalue weighted by molar-refractivity contribution is 7.99. The highest BCUT2D eigenvalue weighted by Crippen LogP contribution is 2.19. The van der Waals surface area contributed by atoms with E-state index in [1.807, 2.05) is 36.4 Å². The van der Waals surface area contributed by atoms with E-state index in [2.05, 4.69) is 33.5 Å². The van der Waals surface area contributed by atoms with Crippen molar-refractivity contribution in [1.29, 1.82) is 0 Å². The molecule has 0 aliphatic heterocycles. The number of fused-ring (bicyclic) bond motifs is 1. The average molecular weight is 340 g/mol. The van der Waals surface area contributed by atoms with E-state index in [4.69, 9.17) is 0 Å². The van der Waals surface area contributed by atoms with Crippen LogP contribution in [-0.4, -0.2) is 26.8 Å². The molecule has 0 saturated heterocycles. The predicted molar refractivity (Wildman–Crippen MR) is 98.3 cm³/mol. The molecule has 0 atom stereocenters. The summed E-state index contributed by atoms with van der Waals surface area (Å²) in [6.45, 7) is 2.14. The number of hydrogen-bond donors (Lipinski definition) is 2. The highest BCUT2D eigenvalue weighted by atomic mass is 32.2. The molecule has 0 aliphatic rings. The van der Waals surface area contributed by atoms with Crippen LogP contribution in [0, 0.1) is 0 Å². The first-order valence-corrected chi connectivity index (χ1v) is 9.06. The van der Waals surface area contributed by atoms with Gasteiger partial charge in [-0.05, 0) is 29.3 Å². The summed E-state index contributed by atoms with van der Waals surface area (Å²) in [5, 5.41) is 12.9. The van der Waals surface area contributed by atoms with Gasteiger partial charge in [0.1, 0.15) is 5.82 Å². The Balaban J connectivity index is 1.54. The number of nitrogens with one attached hydrogen (secondary N) is 2. The minimum absolute atomic E-state index is 0.0600. The topological polar surface area (TPSA) is 70.7 Å². The maximum absolute atomic E-state index is 12.1. The number of carbonyl (C=O) groups is 1. The first kappa shape index (κ1) is 16.5. The summed E-state index contributed by atoms with van der Waals surface area (Å²) in [7, 11) is 0. The van der Waals surface area contributed by atoms with Gasteiger partial charge in [0.2, 0.25) is 11.1 Å². The predicted octanol–water partition coefficient (Wildman–Crippen LogP) is 4.03. The lowest BCUT2D eigenvalue weighted by atomic mass is 10.1. The number of aromatic amines is 1. The number of thioether (sulfide) groups is 1. The van der Waals surface area contributed by atoms with E-state index in [0.29, 0.717) is 5.16 Å². The van der Waals surface area contributed by atoms with Crippen LogP contribution in [0.3, 0.4) is 0 Å². The Morgan fingerprint density at radius 1 is 1.21 bits per heavy atom. The highest BCUT2D eigenvalue weighted by Gasteiger charge is 2.08. The lowest BCUT2D eigenvalue weighted by Crippen LogP contribution is -2.14. The maximum Gasteiger partial charge on any atom is 0.234 e. The number of aromatic nitrogens is 3. The average Bonchev–Trinajstić information content (AvgIpc) is 3.06. The van der Waals surface area contributed by atoms with E-state index in [0.717, 1.165) is 41.5 Å². The number of unbranched alkanes of at least 4 members (excludes halogenated alkanes) is 1. The van der Waals surface area contributed by atoms with E-state index in [9.17, 15) is 4.79 Å². The number of rotatable bonds is 7. The van der Waals surface area contributed by atoms with E-state index in [1.165, 1.54) is 11.8 Å². The molecule has 2 N–H and O–H groups in total. The van der Waals surface area contributed by atoms with Gasteiger partial charge in [-0.25, -0.2) is 4.98 Å². The molecule has 0 aliphatic carbocycles. The third-order valence-corrected chi connectivity index (χ3v) is 4.49. The molecule has 0 saturated carbocycles. The minimum Gasteiger partial charge on any atom is -0.325 e. The summed E-state index contributed by atoms with van der Waals surface area (Å²) in [5.74, 6) is 1.11. The third kappa shape index (κ3) is 4.35. The Kier molecular flexibility index (Phi) is 5.48. The van der Waals surface area contributed by atoms with Crippen molar-refractivity contribution >= 4 is 34.1 Å². The van der Waals surface area contributed by atoms with Crippen molar-refractivity contribution in [3.63, 3.8) is 0 Å². The number of hydrogen-bond acceptors (Lipinski definition) is 4. The molecule has 0 spiro atoms. The van der Waals surface area contributed by atoms with Gasteiger partial charge in [0.05, 0.1) is 5.75 Å². The number of H-pyrrole nitrogens is 1. The van der Waals surface area contributed by atoms with Gasteiger partial charge in [-0.2, -0.15) is 0 Å². The molecular weight excluding hydrogens is 320 g/mol. The number of amides is 1. The second-order valence-corrected chi connectivity index (χ2v) is 6.51. The van der Waals surface area contributed by atoms with E-state index < -0.39 is 0 Å². The van der Waals surface area contributed by atoms with Gasteiger partial charge < -0.3 is 5.32 Å². The first-order valence-electron chi connectivity index (χ1n) is 8.07. The Bertz CT molecular complexity index is 831. The summed E-state index contributed by atoms with van der Waals surface area (Å²) in [4.78, 5) is 16.5. The Labute approximate surface area is 145 Å². The molecule has 1 heterocycles. The van der Waals surface area contributed by atoms with Gasteiger partial charge in [-0.15, -0.1) is 5.10 Å². The molecule has 5 nitrogen and oxygen atoms in total. The number of benzene rings is 2. The molecule has 6 heteroatoms. The normalized spacial score (nSPS) is 10.9.